The summed E-state index contributed by atoms with van der Waals surface area (Å²) in [5.74, 6) is 1.56. The average molecular weight is 324 g/mol. The number of hydrogen-bond acceptors (Lipinski definition) is 4. The van der Waals surface area contributed by atoms with Gasteiger partial charge in [0.05, 0.1) is 11.7 Å². The van der Waals surface area contributed by atoms with E-state index in [9.17, 15) is 4.79 Å². The summed E-state index contributed by atoms with van der Waals surface area (Å²) in [5, 5.41) is 6.82. The van der Waals surface area contributed by atoms with Crippen molar-refractivity contribution in [3.8, 4) is 11.4 Å². The van der Waals surface area contributed by atoms with Gasteiger partial charge in [-0.1, -0.05) is 12.1 Å². The lowest BCUT2D eigenvalue weighted by atomic mass is 10.1. The molecule has 0 aliphatic rings. The van der Waals surface area contributed by atoms with Crippen molar-refractivity contribution in [2.75, 3.05) is 5.32 Å². The highest BCUT2D eigenvalue weighted by Gasteiger charge is 2.17. The normalized spacial score (nSPS) is 12.1. The molecule has 124 valence electrons. The van der Waals surface area contributed by atoms with Crippen LogP contribution in [0.3, 0.4) is 0 Å². The van der Waals surface area contributed by atoms with Gasteiger partial charge in [0, 0.05) is 36.6 Å². The van der Waals surface area contributed by atoms with Crippen LogP contribution in [0.15, 0.2) is 47.2 Å². The Morgan fingerprint density at radius 3 is 2.71 bits per heavy atom. The van der Waals surface area contributed by atoms with Crippen LogP contribution in [0.2, 0.25) is 0 Å². The number of aromatic nitrogens is 3. The monoisotopic (exact) mass is 324 g/mol. The molecule has 3 rings (SSSR count). The fraction of sp³-hybridized carbons (Fsp3) is 0.278. The summed E-state index contributed by atoms with van der Waals surface area (Å²) in [7, 11) is 0. The first kappa shape index (κ1) is 16.0. The van der Waals surface area contributed by atoms with Crippen LogP contribution in [-0.4, -0.2) is 20.6 Å². The van der Waals surface area contributed by atoms with Gasteiger partial charge >= 0.3 is 0 Å². The molecule has 1 amide bonds. The van der Waals surface area contributed by atoms with Crippen molar-refractivity contribution in [1.29, 1.82) is 0 Å². The molecule has 6 nitrogen and oxygen atoms in total. The van der Waals surface area contributed by atoms with Gasteiger partial charge in [0.2, 0.25) is 5.91 Å². The van der Waals surface area contributed by atoms with Crippen LogP contribution >= 0.6 is 0 Å². The maximum atomic E-state index is 11.1. The molecular weight excluding hydrogens is 304 g/mol. The number of imidazole rings is 1. The van der Waals surface area contributed by atoms with Crippen LogP contribution in [0.4, 0.5) is 5.69 Å². The molecule has 6 heteroatoms. The Hall–Kier alpha value is -2.89. The molecule has 0 radical (unpaired) electrons. The molecule has 3 aromatic rings. The zero-order valence-corrected chi connectivity index (χ0v) is 14.0. The number of amides is 1. The van der Waals surface area contributed by atoms with Crippen molar-refractivity contribution in [2.45, 2.75) is 33.2 Å². The van der Waals surface area contributed by atoms with Gasteiger partial charge in [0.1, 0.15) is 5.82 Å². The van der Waals surface area contributed by atoms with E-state index in [-0.39, 0.29) is 11.9 Å². The summed E-state index contributed by atoms with van der Waals surface area (Å²) in [6, 6.07) is 9.58. The molecule has 0 aliphatic carbocycles. The Morgan fingerprint density at radius 1 is 1.33 bits per heavy atom. The third-order valence-electron chi connectivity index (χ3n) is 3.90. The molecule has 0 unspecified atom stereocenters. The van der Waals surface area contributed by atoms with E-state index in [1.165, 1.54) is 6.92 Å². The van der Waals surface area contributed by atoms with Gasteiger partial charge < -0.3 is 14.4 Å². The molecule has 2 aromatic heterocycles. The standard InChI is InChI=1S/C18H20N4O2/c1-4-15-11-17(24-21-15)12(2)22-10-9-19-18(22)14-5-7-16(8-6-14)20-13(3)23/h5-12H,4H2,1-3H3,(H,20,23)/t12-/m1/s1. The molecule has 0 aliphatic heterocycles. The molecule has 2 heterocycles. The number of nitrogens with one attached hydrogen (secondary N) is 1. The highest BCUT2D eigenvalue weighted by Crippen LogP contribution is 2.26. The Bertz CT molecular complexity index is 833. The summed E-state index contributed by atoms with van der Waals surface area (Å²) >= 11 is 0. The van der Waals surface area contributed by atoms with E-state index < -0.39 is 0 Å². The molecule has 24 heavy (non-hydrogen) atoms. The van der Waals surface area contributed by atoms with Crippen LogP contribution in [-0.2, 0) is 11.2 Å². The van der Waals surface area contributed by atoms with Crippen LogP contribution in [0.25, 0.3) is 11.4 Å². The van der Waals surface area contributed by atoms with Crippen LogP contribution in [0, 0.1) is 0 Å². The molecular formula is C18H20N4O2. The minimum absolute atomic E-state index is 0.00896. The van der Waals surface area contributed by atoms with E-state index in [4.69, 9.17) is 4.52 Å². The Kier molecular flexibility index (Phi) is 4.46. The highest BCUT2D eigenvalue weighted by molar-refractivity contribution is 5.88. The lowest BCUT2D eigenvalue weighted by Gasteiger charge is -2.14. The van der Waals surface area contributed by atoms with Crippen LogP contribution < -0.4 is 5.32 Å². The second-order valence-electron chi connectivity index (χ2n) is 5.67. The molecule has 1 aromatic carbocycles. The van der Waals surface area contributed by atoms with Gasteiger partial charge in [-0.15, -0.1) is 0 Å². The predicted molar refractivity (Wildman–Crippen MR) is 91.7 cm³/mol. The van der Waals surface area contributed by atoms with E-state index in [0.717, 1.165) is 35.0 Å². The lowest BCUT2D eigenvalue weighted by molar-refractivity contribution is -0.114. The van der Waals surface area contributed by atoms with Crippen molar-refractivity contribution in [3.63, 3.8) is 0 Å². The van der Waals surface area contributed by atoms with Crippen molar-refractivity contribution in [3.05, 3.63) is 54.2 Å². The second kappa shape index (κ2) is 6.70. The molecule has 0 bridgehead atoms. The molecule has 0 fully saturated rings. The molecule has 1 atom stereocenters. The number of anilines is 1. The number of carbonyl (C=O) groups is 1. The largest absolute Gasteiger partial charge is 0.359 e. The van der Waals surface area contributed by atoms with Crippen LogP contribution in [0.5, 0.6) is 0 Å². The Labute approximate surface area is 140 Å². The van der Waals surface area contributed by atoms with Crippen molar-refractivity contribution < 1.29 is 9.32 Å². The van der Waals surface area contributed by atoms with Gasteiger partial charge in [-0.2, -0.15) is 0 Å². The SMILES string of the molecule is CCc1cc([C@@H](C)n2ccnc2-c2ccc(NC(C)=O)cc2)on1. The predicted octanol–water partition coefficient (Wildman–Crippen LogP) is 3.67. The zero-order chi connectivity index (χ0) is 17.1. The molecule has 0 spiro atoms. The number of hydrogen-bond donors (Lipinski definition) is 1. The number of benzene rings is 1. The van der Waals surface area contributed by atoms with E-state index in [1.807, 2.05) is 48.0 Å². The fourth-order valence-electron chi connectivity index (χ4n) is 2.58. The summed E-state index contributed by atoms with van der Waals surface area (Å²) in [6.07, 6.45) is 4.54. The molecule has 0 saturated carbocycles. The lowest BCUT2D eigenvalue weighted by Crippen LogP contribution is -2.07. The quantitative estimate of drug-likeness (QED) is 0.777. The summed E-state index contributed by atoms with van der Waals surface area (Å²) < 4.78 is 7.50. The van der Waals surface area contributed by atoms with Gasteiger partial charge in [0.25, 0.3) is 0 Å². The number of carbonyl (C=O) groups excluding carboxylic acids is 1. The maximum Gasteiger partial charge on any atom is 0.221 e. The summed E-state index contributed by atoms with van der Waals surface area (Å²) in [5.41, 5.74) is 2.68. The smallest absolute Gasteiger partial charge is 0.221 e. The number of nitrogens with zero attached hydrogens (tertiary/aromatic N) is 3. The number of aryl methyl sites for hydroxylation is 1. The van der Waals surface area contributed by atoms with Crippen molar-refractivity contribution in [1.82, 2.24) is 14.7 Å². The van der Waals surface area contributed by atoms with Crippen molar-refractivity contribution in [2.24, 2.45) is 0 Å². The minimum atomic E-state index is -0.0880. The van der Waals surface area contributed by atoms with E-state index in [1.54, 1.807) is 6.20 Å². The Morgan fingerprint density at radius 2 is 2.08 bits per heavy atom. The van der Waals surface area contributed by atoms with Gasteiger partial charge in [-0.3, -0.25) is 4.79 Å². The first-order chi connectivity index (χ1) is 11.6. The van der Waals surface area contributed by atoms with Gasteiger partial charge in [-0.25, -0.2) is 4.98 Å². The number of rotatable bonds is 5. The highest BCUT2D eigenvalue weighted by atomic mass is 16.5. The Balaban J connectivity index is 1.88. The van der Waals surface area contributed by atoms with E-state index in [0.29, 0.717) is 0 Å². The van der Waals surface area contributed by atoms with Crippen LogP contribution in [0.1, 0.15) is 38.3 Å². The maximum absolute atomic E-state index is 11.1. The van der Waals surface area contributed by atoms with Gasteiger partial charge in [0.15, 0.2) is 5.76 Å². The average Bonchev–Trinajstić information content (AvgIpc) is 3.24. The second-order valence-corrected chi connectivity index (χ2v) is 5.67. The van der Waals surface area contributed by atoms with E-state index >= 15 is 0 Å². The topological polar surface area (TPSA) is 73.0 Å². The minimum Gasteiger partial charge on any atom is -0.359 e. The zero-order valence-electron chi connectivity index (χ0n) is 14.0. The first-order valence-corrected chi connectivity index (χ1v) is 7.94. The summed E-state index contributed by atoms with van der Waals surface area (Å²) in [4.78, 5) is 15.6. The molecule has 1 N–H and O–H groups in total. The fourth-order valence-corrected chi connectivity index (χ4v) is 2.58. The third kappa shape index (κ3) is 3.22. The third-order valence-corrected chi connectivity index (χ3v) is 3.90. The summed E-state index contributed by atoms with van der Waals surface area (Å²) in [6.45, 7) is 5.59. The first-order valence-electron chi connectivity index (χ1n) is 7.94. The van der Waals surface area contributed by atoms with Crippen molar-refractivity contribution >= 4 is 11.6 Å². The molecule has 0 saturated heterocycles. The van der Waals surface area contributed by atoms with Gasteiger partial charge in [-0.05, 0) is 37.6 Å². The van der Waals surface area contributed by atoms with E-state index in [2.05, 4.69) is 22.4 Å².